The Morgan fingerprint density at radius 3 is 2.66 bits per heavy atom. The van der Waals surface area contributed by atoms with Crippen molar-refractivity contribution in [2.24, 2.45) is 34.0 Å². The Kier molecular flexibility index (Phi) is 4.36. The van der Waals surface area contributed by atoms with Crippen LogP contribution in [0.1, 0.15) is 46.5 Å². The number of carbonyl (C=O) groups is 4. The second-order valence-corrected chi connectivity index (χ2v) is 9.94. The van der Waals surface area contributed by atoms with Crippen LogP contribution in [0.15, 0.2) is 12.2 Å². The van der Waals surface area contributed by atoms with Gasteiger partial charge in [0.15, 0.2) is 5.78 Å². The van der Waals surface area contributed by atoms with Gasteiger partial charge in [-0.1, -0.05) is 20.4 Å². The molecule has 7 atom stereocenters. The Morgan fingerprint density at radius 2 is 2.03 bits per heavy atom. The highest BCUT2D eigenvalue weighted by molar-refractivity contribution is 6.15. The van der Waals surface area contributed by atoms with Crippen molar-refractivity contribution >= 4 is 24.0 Å². The van der Waals surface area contributed by atoms with Crippen LogP contribution in [0.2, 0.25) is 0 Å². The van der Waals surface area contributed by atoms with Crippen molar-refractivity contribution in [2.45, 2.75) is 58.7 Å². The van der Waals surface area contributed by atoms with Crippen molar-refractivity contribution in [3.63, 3.8) is 0 Å². The molecule has 4 aliphatic rings. The van der Waals surface area contributed by atoms with Crippen LogP contribution in [0.3, 0.4) is 0 Å². The zero-order chi connectivity index (χ0) is 21.4. The molecule has 3 unspecified atom stereocenters. The standard InChI is InChI=1S/C22H28O7/c1-11-13-7-14(25)17-21(8-13,18(11)26)19(27)28-10-22(17)15(9-23)20(3,4)6-5-16(22)29-12(2)24/h9,13-17,25H,1,5-8,10H2,2-4H3/t13?,14-,15-,16+,17-,21?,22?/m1/s1. The van der Waals surface area contributed by atoms with Gasteiger partial charge in [0.05, 0.1) is 11.5 Å². The fraction of sp³-hybridized carbons (Fsp3) is 0.727. The highest BCUT2D eigenvalue weighted by Gasteiger charge is 2.76. The number of aldehydes is 1. The molecule has 4 rings (SSSR count). The quantitative estimate of drug-likeness (QED) is 0.322. The largest absolute Gasteiger partial charge is 0.464 e. The van der Waals surface area contributed by atoms with Gasteiger partial charge in [0.2, 0.25) is 0 Å². The summed E-state index contributed by atoms with van der Waals surface area (Å²) in [4.78, 5) is 50.7. The maximum Gasteiger partial charge on any atom is 0.320 e. The molecule has 0 aromatic carbocycles. The molecule has 0 aromatic heterocycles. The van der Waals surface area contributed by atoms with E-state index in [0.717, 1.165) is 6.29 Å². The van der Waals surface area contributed by atoms with E-state index in [9.17, 15) is 24.3 Å². The molecule has 7 nitrogen and oxygen atoms in total. The minimum atomic E-state index is -1.56. The summed E-state index contributed by atoms with van der Waals surface area (Å²) in [7, 11) is 0. The maximum absolute atomic E-state index is 13.3. The van der Waals surface area contributed by atoms with E-state index in [4.69, 9.17) is 9.47 Å². The minimum absolute atomic E-state index is 0.162. The van der Waals surface area contributed by atoms with Gasteiger partial charge in [-0.2, -0.15) is 0 Å². The van der Waals surface area contributed by atoms with Crippen LogP contribution in [0.25, 0.3) is 0 Å². The first kappa shape index (κ1) is 20.3. The van der Waals surface area contributed by atoms with Crippen LogP contribution in [0.4, 0.5) is 0 Å². The van der Waals surface area contributed by atoms with Gasteiger partial charge < -0.3 is 19.4 Å². The summed E-state index contributed by atoms with van der Waals surface area (Å²) in [5, 5.41) is 11.2. The van der Waals surface area contributed by atoms with Crippen LogP contribution in [-0.2, 0) is 28.7 Å². The number of hydrogen-bond acceptors (Lipinski definition) is 7. The Hall–Kier alpha value is -2.02. The van der Waals surface area contributed by atoms with Gasteiger partial charge in [0.25, 0.3) is 0 Å². The van der Waals surface area contributed by atoms with E-state index in [1.54, 1.807) is 0 Å². The molecule has 2 bridgehead atoms. The predicted octanol–water partition coefficient (Wildman–Crippen LogP) is 1.61. The van der Waals surface area contributed by atoms with Crippen LogP contribution in [-0.4, -0.2) is 47.9 Å². The van der Waals surface area contributed by atoms with Gasteiger partial charge in [-0.25, -0.2) is 0 Å². The summed E-state index contributed by atoms with van der Waals surface area (Å²) >= 11 is 0. The summed E-state index contributed by atoms with van der Waals surface area (Å²) in [6.45, 7) is 8.92. The van der Waals surface area contributed by atoms with Gasteiger partial charge in [-0.05, 0) is 42.6 Å². The van der Waals surface area contributed by atoms with Crippen LogP contribution >= 0.6 is 0 Å². The molecule has 29 heavy (non-hydrogen) atoms. The molecule has 0 aromatic rings. The lowest BCUT2D eigenvalue weighted by molar-refractivity contribution is -0.253. The van der Waals surface area contributed by atoms with Crippen LogP contribution < -0.4 is 0 Å². The van der Waals surface area contributed by atoms with Gasteiger partial charge in [0.1, 0.15) is 24.4 Å². The van der Waals surface area contributed by atoms with E-state index in [-0.39, 0.29) is 18.9 Å². The number of fused-ring (bicyclic) bond motifs is 2. The summed E-state index contributed by atoms with van der Waals surface area (Å²) in [6, 6.07) is 0. The Morgan fingerprint density at radius 1 is 1.34 bits per heavy atom. The van der Waals surface area contributed by atoms with Crippen LogP contribution in [0.5, 0.6) is 0 Å². The number of aliphatic hydroxyl groups is 1. The highest BCUT2D eigenvalue weighted by Crippen LogP contribution is 2.68. The molecule has 1 heterocycles. The van der Waals surface area contributed by atoms with Gasteiger partial charge in [-0.3, -0.25) is 14.4 Å². The van der Waals surface area contributed by atoms with Gasteiger partial charge in [0, 0.05) is 18.8 Å². The van der Waals surface area contributed by atoms with E-state index >= 15 is 0 Å². The number of aliphatic hydroxyl groups excluding tert-OH is 1. The second kappa shape index (κ2) is 6.24. The Labute approximate surface area is 169 Å². The molecule has 3 aliphatic carbocycles. The third-order valence-electron chi connectivity index (χ3n) is 8.11. The number of Topliss-reactive ketones (excluding diaryl/α,β-unsaturated/α-hetero) is 1. The lowest BCUT2D eigenvalue weighted by Crippen LogP contribution is -2.71. The lowest BCUT2D eigenvalue weighted by Gasteiger charge is -2.62. The number of allylic oxidation sites excluding steroid dienone is 1. The zero-order valence-electron chi connectivity index (χ0n) is 17.1. The SMILES string of the molecule is C=C1C(=O)C23CC1C[C@@H](O)[C@H]2C1(COC3=O)[C@@H](OC(C)=O)CCC(C)(C)[C@H]1C=O. The van der Waals surface area contributed by atoms with E-state index in [1.807, 2.05) is 13.8 Å². The number of cyclic esters (lactones) is 1. The molecule has 0 radical (unpaired) electrons. The van der Waals surface area contributed by atoms with Crippen molar-refractivity contribution < 1.29 is 33.8 Å². The third-order valence-corrected chi connectivity index (χ3v) is 8.11. The predicted molar refractivity (Wildman–Crippen MR) is 100 cm³/mol. The van der Waals surface area contributed by atoms with Crippen molar-refractivity contribution in [2.75, 3.05) is 6.61 Å². The average molecular weight is 404 g/mol. The highest BCUT2D eigenvalue weighted by atomic mass is 16.6. The van der Waals surface area contributed by atoms with E-state index in [0.29, 0.717) is 24.8 Å². The maximum atomic E-state index is 13.3. The smallest absolute Gasteiger partial charge is 0.320 e. The third kappa shape index (κ3) is 2.39. The molecule has 0 amide bonds. The number of ether oxygens (including phenoxy) is 2. The first-order valence-electron chi connectivity index (χ1n) is 10.2. The van der Waals surface area contributed by atoms with E-state index in [1.165, 1.54) is 6.92 Å². The number of ketones is 1. The molecule has 2 spiro atoms. The fourth-order valence-electron chi connectivity index (χ4n) is 6.97. The van der Waals surface area contributed by atoms with Gasteiger partial charge >= 0.3 is 11.9 Å². The second-order valence-electron chi connectivity index (χ2n) is 9.94. The number of esters is 2. The lowest BCUT2D eigenvalue weighted by atomic mass is 9.43. The summed E-state index contributed by atoms with van der Waals surface area (Å²) in [5.41, 5.74) is -2.86. The Balaban J connectivity index is 1.96. The monoisotopic (exact) mass is 404 g/mol. The van der Waals surface area contributed by atoms with E-state index < -0.39 is 58.0 Å². The number of carbonyl (C=O) groups excluding carboxylic acids is 4. The summed E-state index contributed by atoms with van der Waals surface area (Å²) < 4.78 is 11.3. The molecule has 7 heteroatoms. The molecule has 158 valence electrons. The van der Waals surface area contributed by atoms with Crippen molar-refractivity contribution in [1.82, 2.24) is 0 Å². The molecule has 1 N–H and O–H groups in total. The minimum Gasteiger partial charge on any atom is -0.464 e. The molecular weight excluding hydrogens is 376 g/mol. The Bertz CT molecular complexity index is 814. The number of hydrogen-bond donors (Lipinski definition) is 1. The molecule has 3 saturated carbocycles. The average Bonchev–Trinajstić information content (AvgIpc) is 2.83. The van der Waals surface area contributed by atoms with Crippen molar-refractivity contribution in [1.29, 1.82) is 0 Å². The van der Waals surface area contributed by atoms with Crippen molar-refractivity contribution in [3.05, 3.63) is 12.2 Å². The summed E-state index contributed by atoms with van der Waals surface area (Å²) in [6.07, 6.45) is 0.715. The summed E-state index contributed by atoms with van der Waals surface area (Å²) in [5.74, 6) is -3.36. The zero-order valence-corrected chi connectivity index (χ0v) is 17.1. The molecule has 1 aliphatic heterocycles. The first-order valence-corrected chi connectivity index (χ1v) is 10.2. The van der Waals surface area contributed by atoms with Gasteiger partial charge in [-0.15, -0.1) is 0 Å². The normalized spacial score (nSPS) is 45.5. The topological polar surface area (TPSA) is 107 Å². The van der Waals surface area contributed by atoms with Crippen molar-refractivity contribution in [3.8, 4) is 0 Å². The molecule has 1 saturated heterocycles. The van der Waals surface area contributed by atoms with E-state index in [2.05, 4.69) is 6.58 Å². The van der Waals surface area contributed by atoms with Crippen LogP contribution in [0, 0.1) is 34.0 Å². The molecular formula is C22H28O7. The fourth-order valence-corrected chi connectivity index (χ4v) is 6.97. The number of rotatable bonds is 2. The first-order chi connectivity index (χ1) is 13.5. The molecule has 4 fully saturated rings.